The summed E-state index contributed by atoms with van der Waals surface area (Å²) < 4.78 is 16.0. The highest BCUT2D eigenvalue weighted by Gasteiger charge is 2.23. The molecule has 0 unspecified atom stereocenters. The van der Waals surface area contributed by atoms with Crippen molar-refractivity contribution in [2.24, 2.45) is 0 Å². The van der Waals surface area contributed by atoms with Crippen LogP contribution in [-0.2, 0) is 32.6 Å². The first kappa shape index (κ1) is 15.4. The number of halogens is 1. The Morgan fingerprint density at radius 3 is 2.67 bits per heavy atom. The summed E-state index contributed by atoms with van der Waals surface area (Å²) in [5.74, 6) is 0. The molecule has 24 heavy (non-hydrogen) atoms. The first-order valence-corrected chi connectivity index (χ1v) is 8.68. The fraction of sp³-hybridized carbons (Fsp3) is 0.333. The molecule has 3 aromatic rings. The fourth-order valence-electron chi connectivity index (χ4n) is 3.96. The summed E-state index contributed by atoms with van der Waals surface area (Å²) in [6, 6.07) is 16.6. The lowest BCUT2D eigenvalue weighted by molar-refractivity contribution is 0.309. The molecule has 2 heterocycles. The van der Waals surface area contributed by atoms with Gasteiger partial charge in [0, 0.05) is 42.7 Å². The molecule has 0 aliphatic carbocycles. The summed E-state index contributed by atoms with van der Waals surface area (Å²) in [5, 5.41) is 1.24. The zero-order valence-corrected chi connectivity index (χ0v) is 14.1. The van der Waals surface area contributed by atoms with Crippen molar-refractivity contribution in [2.75, 3.05) is 13.6 Å². The van der Waals surface area contributed by atoms with Gasteiger partial charge in [-0.15, -0.1) is 0 Å². The second kappa shape index (κ2) is 6.40. The zero-order chi connectivity index (χ0) is 16.5. The van der Waals surface area contributed by atoms with Crippen LogP contribution in [0, 0.1) is 0 Å². The van der Waals surface area contributed by atoms with Crippen molar-refractivity contribution in [3.05, 3.63) is 70.9 Å². The molecule has 2 aromatic carbocycles. The number of nitrogens with zero attached hydrogens (tertiary/aromatic N) is 2. The number of hydrogen-bond donors (Lipinski definition) is 0. The van der Waals surface area contributed by atoms with E-state index in [2.05, 4.69) is 46.8 Å². The topological polar surface area (TPSA) is 8.17 Å². The van der Waals surface area contributed by atoms with Gasteiger partial charge in [-0.3, -0.25) is 0 Å². The van der Waals surface area contributed by atoms with E-state index < -0.39 is 6.67 Å². The SMILES string of the molecule is CN1CCc2c(c3cccc(CF)c3n2CCc2ccccc2)C1. The number of alkyl halides is 1. The van der Waals surface area contributed by atoms with Crippen LogP contribution in [0.2, 0.25) is 0 Å². The lowest BCUT2D eigenvalue weighted by Crippen LogP contribution is -2.27. The molecule has 0 spiro atoms. The van der Waals surface area contributed by atoms with Crippen LogP contribution in [0.15, 0.2) is 48.5 Å². The number of benzene rings is 2. The van der Waals surface area contributed by atoms with Crippen molar-refractivity contribution in [3.63, 3.8) is 0 Å². The van der Waals surface area contributed by atoms with Crippen LogP contribution in [0.5, 0.6) is 0 Å². The van der Waals surface area contributed by atoms with Crippen molar-refractivity contribution in [3.8, 4) is 0 Å². The third-order valence-corrected chi connectivity index (χ3v) is 5.16. The molecule has 0 saturated heterocycles. The molecule has 1 aromatic heterocycles. The van der Waals surface area contributed by atoms with Crippen molar-refractivity contribution >= 4 is 10.9 Å². The number of aromatic nitrogens is 1. The van der Waals surface area contributed by atoms with E-state index in [9.17, 15) is 4.39 Å². The molecule has 0 amide bonds. The maximum absolute atomic E-state index is 13.6. The Morgan fingerprint density at radius 2 is 1.88 bits per heavy atom. The summed E-state index contributed by atoms with van der Waals surface area (Å²) in [6.45, 7) is 2.54. The van der Waals surface area contributed by atoms with E-state index >= 15 is 0 Å². The van der Waals surface area contributed by atoms with Crippen LogP contribution in [0.4, 0.5) is 4.39 Å². The van der Waals surface area contributed by atoms with Crippen LogP contribution in [0.3, 0.4) is 0 Å². The first-order chi connectivity index (χ1) is 11.8. The Morgan fingerprint density at radius 1 is 1.04 bits per heavy atom. The van der Waals surface area contributed by atoms with Crippen molar-refractivity contribution in [2.45, 2.75) is 32.6 Å². The Kier molecular flexibility index (Phi) is 4.11. The summed E-state index contributed by atoms with van der Waals surface area (Å²) >= 11 is 0. The minimum atomic E-state index is -0.401. The molecule has 0 radical (unpaired) electrons. The van der Waals surface area contributed by atoms with Crippen LogP contribution in [0.25, 0.3) is 10.9 Å². The highest BCUT2D eigenvalue weighted by atomic mass is 19.1. The van der Waals surface area contributed by atoms with Crippen molar-refractivity contribution in [1.29, 1.82) is 0 Å². The number of fused-ring (bicyclic) bond motifs is 3. The van der Waals surface area contributed by atoms with E-state index in [4.69, 9.17) is 0 Å². The average molecular weight is 322 g/mol. The van der Waals surface area contributed by atoms with Gasteiger partial charge < -0.3 is 9.47 Å². The van der Waals surface area contributed by atoms with E-state index in [1.54, 1.807) is 0 Å². The summed E-state index contributed by atoms with van der Waals surface area (Å²) in [5.41, 5.74) is 6.05. The van der Waals surface area contributed by atoms with Gasteiger partial charge in [-0.25, -0.2) is 4.39 Å². The van der Waals surface area contributed by atoms with Gasteiger partial charge in [-0.1, -0.05) is 48.5 Å². The highest BCUT2D eigenvalue weighted by molar-refractivity contribution is 5.88. The maximum atomic E-state index is 13.6. The van der Waals surface area contributed by atoms with Crippen LogP contribution < -0.4 is 0 Å². The molecule has 1 aliphatic rings. The molecule has 0 atom stereocenters. The van der Waals surface area contributed by atoms with Gasteiger partial charge in [0.05, 0.1) is 5.52 Å². The third-order valence-electron chi connectivity index (χ3n) is 5.16. The first-order valence-electron chi connectivity index (χ1n) is 8.68. The normalized spacial score (nSPS) is 14.9. The van der Waals surface area contributed by atoms with Crippen LogP contribution in [0.1, 0.15) is 22.4 Å². The second-order valence-electron chi connectivity index (χ2n) is 6.75. The zero-order valence-electron chi connectivity index (χ0n) is 14.1. The lowest BCUT2D eigenvalue weighted by Gasteiger charge is -2.24. The lowest BCUT2D eigenvalue weighted by atomic mass is 10.0. The molecule has 0 saturated carbocycles. The Bertz CT molecular complexity index is 851. The molecular weight excluding hydrogens is 299 g/mol. The molecule has 4 rings (SSSR count). The average Bonchev–Trinajstić information content (AvgIpc) is 2.94. The van der Waals surface area contributed by atoms with E-state index in [0.29, 0.717) is 0 Å². The van der Waals surface area contributed by atoms with Gasteiger partial charge in [-0.05, 0) is 24.6 Å². The van der Waals surface area contributed by atoms with Crippen LogP contribution in [-0.4, -0.2) is 23.1 Å². The number of rotatable bonds is 4. The third kappa shape index (κ3) is 2.63. The van der Waals surface area contributed by atoms with E-state index in [1.807, 2.05) is 18.2 Å². The number of aryl methyl sites for hydroxylation is 2. The maximum Gasteiger partial charge on any atom is 0.117 e. The summed E-state index contributed by atoms with van der Waals surface area (Å²) in [7, 11) is 2.16. The highest BCUT2D eigenvalue weighted by Crippen LogP contribution is 2.33. The number of hydrogen-bond acceptors (Lipinski definition) is 1. The van der Waals surface area contributed by atoms with Crippen molar-refractivity contribution < 1.29 is 4.39 Å². The van der Waals surface area contributed by atoms with Gasteiger partial charge in [0.25, 0.3) is 0 Å². The monoisotopic (exact) mass is 322 g/mol. The van der Waals surface area contributed by atoms with Gasteiger partial charge in [0.2, 0.25) is 0 Å². The predicted octanol–water partition coefficient (Wildman–Crippen LogP) is 4.34. The van der Waals surface area contributed by atoms with Gasteiger partial charge in [-0.2, -0.15) is 0 Å². The molecule has 124 valence electrons. The molecule has 0 bridgehead atoms. The van der Waals surface area contributed by atoms with E-state index in [0.717, 1.165) is 43.6 Å². The Labute approximate surface area is 142 Å². The van der Waals surface area contributed by atoms with E-state index in [1.165, 1.54) is 22.2 Å². The van der Waals surface area contributed by atoms with Crippen molar-refractivity contribution in [1.82, 2.24) is 9.47 Å². The number of likely N-dealkylation sites (N-methyl/N-ethyl adjacent to an activating group) is 1. The number of para-hydroxylation sites is 1. The van der Waals surface area contributed by atoms with E-state index in [-0.39, 0.29) is 0 Å². The van der Waals surface area contributed by atoms with Gasteiger partial charge in [0.1, 0.15) is 6.67 Å². The second-order valence-corrected chi connectivity index (χ2v) is 6.75. The fourth-order valence-corrected chi connectivity index (χ4v) is 3.96. The minimum Gasteiger partial charge on any atom is -0.344 e. The smallest absolute Gasteiger partial charge is 0.117 e. The van der Waals surface area contributed by atoms with Crippen LogP contribution >= 0.6 is 0 Å². The standard InChI is InChI=1S/C21H23FN2/c1-23-12-11-20-19(15-23)18-9-5-8-17(14-22)21(18)24(20)13-10-16-6-3-2-4-7-16/h2-9H,10-15H2,1H3. The molecule has 0 fully saturated rings. The Balaban J connectivity index is 1.81. The summed E-state index contributed by atoms with van der Waals surface area (Å²) in [4.78, 5) is 2.35. The summed E-state index contributed by atoms with van der Waals surface area (Å²) in [6.07, 6.45) is 2.02. The molecule has 0 N–H and O–H groups in total. The predicted molar refractivity (Wildman–Crippen MR) is 96.9 cm³/mol. The largest absolute Gasteiger partial charge is 0.344 e. The molecule has 2 nitrogen and oxygen atoms in total. The molecule has 3 heteroatoms. The Hall–Kier alpha value is -2.13. The molecular formula is C21H23FN2. The van der Waals surface area contributed by atoms with Gasteiger partial charge in [0.15, 0.2) is 0 Å². The quantitative estimate of drug-likeness (QED) is 0.693. The minimum absolute atomic E-state index is 0.401. The molecule has 1 aliphatic heterocycles. The van der Waals surface area contributed by atoms with Gasteiger partial charge >= 0.3 is 0 Å².